The quantitative estimate of drug-likeness (QED) is 0.795. The number of halogens is 1. The van der Waals surface area contributed by atoms with Gasteiger partial charge in [0.1, 0.15) is 12.9 Å². The van der Waals surface area contributed by atoms with Crippen molar-refractivity contribution >= 4 is 34.0 Å². The number of hydrogen-bond donors (Lipinski definition) is 1. The van der Waals surface area contributed by atoms with Crippen LogP contribution in [0.2, 0.25) is 5.02 Å². The number of carbonyl (C=O) groups excluding carboxylic acids is 1. The molecule has 0 radical (unpaired) electrons. The van der Waals surface area contributed by atoms with Gasteiger partial charge in [-0.15, -0.1) is 16.4 Å². The van der Waals surface area contributed by atoms with Crippen molar-refractivity contribution < 1.29 is 4.79 Å². The van der Waals surface area contributed by atoms with E-state index < -0.39 is 0 Å². The highest BCUT2D eigenvalue weighted by Crippen LogP contribution is 2.30. The van der Waals surface area contributed by atoms with Crippen molar-refractivity contribution in [1.82, 2.24) is 25.2 Å². The second-order valence-corrected chi connectivity index (χ2v) is 5.34. The lowest BCUT2D eigenvalue weighted by Crippen LogP contribution is -2.19. The minimum absolute atomic E-state index is 0.0357. The van der Waals surface area contributed by atoms with Crippen LogP contribution >= 0.6 is 22.9 Å². The van der Waals surface area contributed by atoms with E-state index in [0.717, 1.165) is 11.3 Å². The molecule has 0 saturated carbocycles. The van der Waals surface area contributed by atoms with Crippen molar-refractivity contribution in [3.8, 4) is 11.3 Å². The van der Waals surface area contributed by atoms with Crippen molar-refractivity contribution in [2.24, 2.45) is 0 Å². The predicted octanol–water partition coefficient (Wildman–Crippen LogP) is 2.09. The molecule has 1 N–H and O–H groups in total. The Bertz CT molecular complexity index is 757. The topological polar surface area (TPSA) is 85.6 Å². The molecule has 0 bridgehead atoms. The molecule has 1 aromatic carbocycles. The number of nitrogens with one attached hydrogen (secondary N) is 1. The maximum Gasteiger partial charge on any atom is 0.248 e. The Labute approximate surface area is 128 Å². The summed E-state index contributed by atoms with van der Waals surface area (Å²) in [7, 11) is 0. The van der Waals surface area contributed by atoms with Crippen molar-refractivity contribution in [1.29, 1.82) is 0 Å². The molecule has 0 aliphatic carbocycles. The van der Waals surface area contributed by atoms with Gasteiger partial charge in [0.25, 0.3) is 0 Å². The second kappa shape index (κ2) is 5.98. The molecule has 0 aliphatic rings. The molecule has 9 heteroatoms. The highest BCUT2D eigenvalue weighted by atomic mass is 35.5. The summed E-state index contributed by atoms with van der Waals surface area (Å²) in [6, 6.07) is 7.42. The van der Waals surface area contributed by atoms with Crippen LogP contribution in [0, 0.1) is 0 Å². The third-order valence-corrected chi connectivity index (χ3v) is 3.68. The molecule has 2 aromatic heterocycles. The number of anilines is 1. The van der Waals surface area contributed by atoms with Crippen LogP contribution in [0.4, 0.5) is 5.13 Å². The lowest BCUT2D eigenvalue weighted by molar-refractivity contribution is -0.116. The average molecular weight is 321 g/mol. The van der Waals surface area contributed by atoms with Crippen molar-refractivity contribution in [3.63, 3.8) is 0 Å². The van der Waals surface area contributed by atoms with Gasteiger partial charge >= 0.3 is 0 Å². The van der Waals surface area contributed by atoms with E-state index in [1.165, 1.54) is 22.3 Å². The molecule has 21 heavy (non-hydrogen) atoms. The lowest BCUT2D eigenvalue weighted by Gasteiger charge is -2.01. The minimum Gasteiger partial charge on any atom is -0.300 e. The Hall–Kier alpha value is -2.32. The molecule has 0 fully saturated rings. The molecule has 1 amide bonds. The van der Waals surface area contributed by atoms with Gasteiger partial charge in [0, 0.05) is 16.0 Å². The molecular formula is C12H9ClN6OS. The Kier molecular flexibility index (Phi) is 3.89. The molecular weight excluding hydrogens is 312 g/mol. The van der Waals surface area contributed by atoms with Crippen LogP contribution in [0.15, 0.2) is 36.0 Å². The van der Waals surface area contributed by atoms with E-state index in [-0.39, 0.29) is 12.5 Å². The number of carbonyl (C=O) groups is 1. The molecule has 2 heterocycles. The van der Waals surface area contributed by atoms with Crippen molar-refractivity contribution in [2.45, 2.75) is 6.54 Å². The smallest absolute Gasteiger partial charge is 0.248 e. The van der Waals surface area contributed by atoms with Gasteiger partial charge in [0.05, 0.1) is 5.69 Å². The first kappa shape index (κ1) is 13.7. The maximum absolute atomic E-state index is 11.8. The van der Waals surface area contributed by atoms with Gasteiger partial charge in [-0.25, -0.2) is 9.67 Å². The van der Waals surface area contributed by atoms with E-state index in [4.69, 9.17) is 11.6 Å². The lowest BCUT2D eigenvalue weighted by atomic mass is 10.2. The molecule has 0 aliphatic heterocycles. The van der Waals surface area contributed by atoms with E-state index in [1.54, 1.807) is 6.07 Å². The average Bonchev–Trinajstić information content (AvgIpc) is 3.11. The summed E-state index contributed by atoms with van der Waals surface area (Å²) in [5, 5.41) is 16.2. The largest absolute Gasteiger partial charge is 0.300 e. The van der Waals surface area contributed by atoms with Gasteiger partial charge in [0.2, 0.25) is 5.91 Å². The van der Waals surface area contributed by atoms with Gasteiger partial charge in [0.15, 0.2) is 5.13 Å². The summed E-state index contributed by atoms with van der Waals surface area (Å²) < 4.78 is 1.33. The Morgan fingerprint density at radius 3 is 3.00 bits per heavy atom. The molecule has 106 valence electrons. The zero-order valence-corrected chi connectivity index (χ0v) is 12.2. The van der Waals surface area contributed by atoms with E-state index in [2.05, 4.69) is 25.8 Å². The summed E-state index contributed by atoms with van der Waals surface area (Å²) in [4.78, 5) is 16.2. The molecule has 0 saturated heterocycles. The van der Waals surface area contributed by atoms with Crippen molar-refractivity contribution in [3.05, 3.63) is 41.0 Å². The SMILES string of the molecule is O=C(Cn1cnnn1)Nc1nc(-c2ccccc2Cl)cs1. The van der Waals surface area contributed by atoms with Gasteiger partial charge in [-0.3, -0.25) is 4.79 Å². The summed E-state index contributed by atoms with van der Waals surface area (Å²) >= 11 is 7.45. The number of nitrogens with zero attached hydrogens (tertiary/aromatic N) is 5. The van der Waals surface area contributed by atoms with Gasteiger partial charge < -0.3 is 5.32 Å². The zero-order chi connectivity index (χ0) is 14.7. The number of hydrogen-bond acceptors (Lipinski definition) is 6. The molecule has 3 rings (SSSR count). The van der Waals surface area contributed by atoms with Crippen molar-refractivity contribution in [2.75, 3.05) is 5.32 Å². The zero-order valence-electron chi connectivity index (χ0n) is 10.6. The fourth-order valence-corrected chi connectivity index (χ4v) is 2.64. The van der Waals surface area contributed by atoms with Gasteiger partial charge in [-0.05, 0) is 16.5 Å². The standard InChI is InChI=1S/C12H9ClN6OS/c13-9-4-2-1-3-8(9)10-6-21-12(15-10)16-11(20)5-19-7-14-17-18-19/h1-4,6-7H,5H2,(H,15,16,20). The summed E-state index contributed by atoms with van der Waals surface area (Å²) in [5.41, 5.74) is 1.56. The van der Waals surface area contributed by atoms with Crippen LogP contribution in [0.25, 0.3) is 11.3 Å². The maximum atomic E-state index is 11.8. The highest BCUT2D eigenvalue weighted by molar-refractivity contribution is 7.14. The van der Waals surface area contributed by atoms with Crippen LogP contribution in [0.1, 0.15) is 0 Å². The first-order valence-electron chi connectivity index (χ1n) is 5.93. The Morgan fingerprint density at radius 2 is 2.24 bits per heavy atom. The summed E-state index contributed by atoms with van der Waals surface area (Å²) in [5.74, 6) is -0.248. The van der Waals surface area contributed by atoms with E-state index in [9.17, 15) is 4.79 Å². The van der Waals surface area contributed by atoms with Gasteiger partial charge in [-0.2, -0.15) is 0 Å². The molecule has 0 spiro atoms. The molecule has 7 nitrogen and oxygen atoms in total. The fourth-order valence-electron chi connectivity index (χ4n) is 1.68. The monoisotopic (exact) mass is 320 g/mol. The number of thiazole rings is 1. The van der Waals surface area contributed by atoms with E-state index >= 15 is 0 Å². The third-order valence-electron chi connectivity index (χ3n) is 2.60. The molecule has 0 unspecified atom stereocenters. The minimum atomic E-state index is -0.248. The van der Waals surface area contributed by atoms with Gasteiger partial charge in [-0.1, -0.05) is 29.8 Å². The number of tetrazole rings is 1. The Balaban J connectivity index is 1.71. The number of benzene rings is 1. The number of amides is 1. The highest BCUT2D eigenvalue weighted by Gasteiger charge is 2.10. The summed E-state index contributed by atoms with van der Waals surface area (Å²) in [6.07, 6.45) is 1.37. The van der Waals surface area contributed by atoms with Crippen LogP contribution in [-0.2, 0) is 11.3 Å². The van der Waals surface area contributed by atoms with Crippen LogP contribution < -0.4 is 5.32 Å². The first-order valence-corrected chi connectivity index (χ1v) is 7.19. The number of aromatic nitrogens is 5. The molecule has 3 aromatic rings. The van der Waals surface area contributed by atoms with Crippen LogP contribution in [-0.4, -0.2) is 31.1 Å². The van der Waals surface area contributed by atoms with Crippen LogP contribution in [0.3, 0.4) is 0 Å². The number of rotatable bonds is 4. The fraction of sp³-hybridized carbons (Fsp3) is 0.0833. The normalized spacial score (nSPS) is 10.5. The Morgan fingerprint density at radius 1 is 1.38 bits per heavy atom. The van der Waals surface area contributed by atoms with Crippen LogP contribution in [0.5, 0.6) is 0 Å². The summed E-state index contributed by atoms with van der Waals surface area (Å²) in [6.45, 7) is 0.0357. The molecule has 0 atom stereocenters. The second-order valence-electron chi connectivity index (χ2n) is 4.07. The first-order chi connectivity index (χ1) is 10.2. The van der Waals surface area contributed by atoms with E-state index in [0.29, 0.717) is 10.2 Å². The van der Waals surface area contributed by atoms with E-state index in [1.807, 2.05) is 23.6 Å². The predicted molar refractivity (Wildman–Crippen MR) is 79.0 cm³/mol. The third kappa shape index (κ3) is 3.23.